The van der Waals surface area contributed by atoms with Crippen molar-refractivity contribution in [1.82, 2.24) is 4.98 Å². The van der Waals surface area contributed by atoms with Gasteiger partial charge in [-0.05, 0) is 24.6 Å². The van der Waals surface area contributed by atoms with Crippen LogP contribution in [0.4, 0.5) is 10.1 Å². The van der Waals surface area contributed by atoms with Crippen molar-refractivity contribution < 1.29 is 13.9 Å². The van der Waals surface area contributed by atoms with Crippen molar-refractivity contribution >= 4 is 17.5 Å². The van der Waals surface area contributed by atoms with Gasteiger partial charge in [0.05, 0.1) is 17.9 Å². The lowest BCUT2D eigenvalue weighted by Crippen LogP contribution is -2.41. The number of aromatic nitrogens is 1. The van der Waals surface area contributed by atoms with Crippen LogP contribution in [0.2, 0.25) is 0 Å². The van der Waals surface area contributed by atoms with Crippen LogP contribution in [-0.2, 0) is 9.53 Å². The molecule has 1 aromatic carbocycles. The number of hydrogen-bond donors (Lipinski definition) is 2. The minimum Gasteiger partial charge on any atom is -0.465 e. The fourth-order valence-corrected chi connectivity index (χ4v) is 2.98. The maximum absolute atomic E-state index is 14.4. The van der Waals surface area contributed by atoms with Crippen molar-refractivity contribution in [3.63, 3.8) is 0 Å². The first-order valence-electron chi connectivity index (χ1n) is 7.51. The maximum atomic E-state index is 14.4. The molecule has 1 aliphatic rings. The van der Waals surface area contributed by atoms with Crippen LogP contribution in [0.15, 0.2) is 46.3 Å². The second kappa shape index (κ2) is 6.27. The van der Waals surface area contributed by atoms with E-state index < -0.39 is 29.2 Å². The lowest BCUT2D eigenvalue weighted by Gasteiger charge is -2.29. The number of benzene rings is 1. The summed E-state index contributed by atoms with van der Waals surface area (Å²) in [5.41, 5.74) is 6.26. The summed E-state index contributed by atoms with van der Waals surface area (Å²) >= 11 is 0. The Morgan fingerprint density at radius 1 is 1.38 bits per heavy atom. The van der Waals surface area contributed by atoms with Gasteiger partial charge >= 0.3 is 5.97 Å². The number of nitrogens with one attached hydrogen (secondary N) is 1. The van der Waals surface area contributed by atoms with Gasteiger partial charge in [-0.3, -0.25) is 9.59 Å². The maximum Gasteiger partial charge on any atom is 0.317 e. The highest BCUT2D eigenvalue weighted by Gasteiger charge is 2.41. The fraction of sp³-hybridized carbons (Fsp3) is 0.235. The van der Waals surface area contributed by atoms with Crippen LogP contribution in [0.3, 0.4) is 0 Å². The van der Waals surface area contributed by atoms with Crippen LogP contribution in [0, 0.1) is 11.7 Å². The minimum absolute atomic E-state index is 0.000182. The topological polar surface area (TPSA) is 97.5 Å². The Morgan fingerprint density at radius 2 is 2.12 bits per heavy atom. The Bertz CT molecular complexity index is 875. The number of halogens is 1. The van der Waals surface area contributed by atoms with E-state index in [1.54, 1.807) is 19.1 Å². The minimum atomic E-state index is -1.06. The summed E-state index contributed by atoms with van der Waals surface area (Å²) in [6, 6.07) is 7.55. The molecule has 7 heteroatoms. The van der Waals surface area contributed by atoms with E-state index in [1.165, 1.54) is 24.4 Å². The normalized spacial score (nSPS) is 19.3. The van der Waals surface area contributed by atoms with Crippen LogP contribution >= 0.6 is 0 Å². The molecular weight excluding hydrogens is 313 g/mol. The van der Waals surface area contributed by atoms with E-state index in [2.05, 4.69) is 9.98 Å². The SMILES string of the molecule is CCOC(=O)C1C(N)=Nc2cc[nH]c(=O)c2C1c1ccccc1F. The molecule has 6 nitrogen and oxygen atoms in total. The molecule has 0 bridgehead atoms. The number of aliphatic imine (C=N–C) groups is 1. The molecule has 1 aromatic heterocycles. The quantitative estimate of drug-likeness (QED) is 0.839. The molecule has 3 N–H and O–H groups in total. The number of rotatable bonds is 3. The number of pyridine rings is 1. The van der Waals surface area contributed by atoms with Crippen LogP contribution in [0.5, 0.6) is 0 Å². The Morgan fingerprint density at radius 3 is 2.83 bits per heavy atom. The van der Waals surface area contributed by atoms with E-state index >= 15 is 0 Å². The summed E-state index contributed by atoms with van der Waals surface area (Å²) in [5, 5.41) is 0. The van der Waals surface area contributed by atoms with E-state index in [4.69, 9.17) is 10.5 Å². The summed E-state index contributed by atoms with van der Waals surface area (Å²) in [5.74, 6) is -3.12. The lowest BCUT2D eigenvalue weighted by atomic mass is 9.78. The van der Waals surface area contributed by atoms with Crippen molar-refractivity contribution in [2.45, 2.75) is 12.8 Å². The van der Waals surface area contributed by atoms with Gasteiger partial charge in [-0.2, -0.15) is 0 Å². The molecule has 0 radical (unpaired) electrons. The molecule has 0 spiro atoms. The Labute approximate surface area is 137 Å². The molecule has 0 fully saturated rings. The molecule has 2 atom stereocenters. The molecule has 0 saturated carbocycles. The Kier molecular flexibility index (Phi) is 4.16. The smallest absolute Gasteiger partial charge is 0.317 e. The molecule has 2 unspecified atom stereocenters. The van der Waals surface area contributed by atoms with Gasteiger partial charge in [-0.15, -0.1) is 0 Å². The van der Waals surface area contributed by atoms with Gasteiger partial charge in [0.25, 0.3) is 5.56 Å². The molecule has 0 aliphatic carbocycles. The summed E-state index contributed by atoms with van der Waals surface area (Å²) in [7, 11) is 0. The van der Waals surface area contributed by atoms with Crippen LogP contribution < -0.4 is 11.3 Å². The van der Waals surface area contributed by atoms with Gasteiger partial charge < -0.3 is 15.5 Å². The zero-order valence-electron chi connectivity index (χ0n) is 13.0. The van der Waals surface area contributed by atoms with Gasteiger partial charge in [0, 0.05) is 12.1 Å². The molecule has 1 aliphatic heterocycles. The third kappa shape index (κ3) is 2.58. The van der Waals surface area contributed by atoms with Crippen molar-refractivity contribution in [3.05, 3.63) is 63.8 Å². The zero-order valence-corrected chi connectivity index (χ0v) is 13.0. The summed E-state index contributed by atoms with van der Waals surface area (Å²) in [4.78, 5) is 31.5. The molecule has 0 amide bonds. The first kappa shape index (κ1) is 15.9. The van der Waals surface area contributed by atoms with Gasteiger partial charge in [0.1, 0.15) is 17.6 Å². The first-order valence-corrected chi connectivity index (χ1v) is 7.51. The number of ether oxygens (including phenoxy) is 1. The largest absolute Gasteiger partial charge is 0.465 e. The number of carbonyl (C=O) groups is 1. The van der Waals surface area contributed by atoms with Crippen molar-refractivity contribution in [3.8, 4) is 0 Å². The average Bonchev–Trinajstić information content (AvgIpc) is 2.54. The predicted molar refractivity (Wildman–Crippen MR) is 86.7 cm³/mol. The number of H-pyrrole nitrogens is 1. The van der Waals surface area contributed by atoms with Crippen molar-refractivity contribution in [2.75, 3.05) is 6.61 Å². The molecule has 0 saturated heterocycles. The van der Waals surface area contributed by atoms with Gasteiger partial charge in [0.15, 0.2) is 0 Å². The van der Waals surface area contributed by atoms with E-state index in [0.29, 0.717) is 5.69 Å². The van der Waals surface area contributed by atoms with Gasteiger partial charge in [-0.1, -0.05) is 18.2 Å². The van der Waals surface area contributed by atoms with Crippen LogP contribution in [-0.4, -0.2) is 23.4 Å². The Balaban J connectivity index is 2.27. The fourth-order valence-electron chi connectivity index (χ4n) is 2.98. The molecule has 24 heavy (non-hydrogen) atoms. The third-order valence-corrected chi connectivity index (χ3v) is 3.97. The number of aromatic amines is 1. The van der Waals surface area contributed by atoms with E-state index in [-0.39, 0.29) is 23.6 Å². The van der Waals surface area contributed by atoms with E-state index in [1.807, 2.05) is 0 Å². The number of esters is 1. The molecule has 2 aromatic rings. The molecule has 2 heterocycles. The number of nitrogens with two attached hydrogens (primary N) is 1. The number of carbonyl (C=O) groups excluding carboxylic acids is 1. The predicted octanol–water partition coefficient (Wildman–Crippen LogP) is 1.83. The second-order valence-electron chi connectivity index (χ2n) is 5.37. The zero-order chi connectivity index (χ0) is 17.3. The van der Waals surface area contributed by atoms with Crippen molar-refractivity contribution in [2.24, 2.45) is 16.6 Å². The third-order valence-electron chi connectivity index (χ3n) is 3.97. The number of hydrogen-bond acceptors (Lipinski definition) is 5. The highest BCUT2D eigenvalue weighted by molar-refractivity contribution is 6.04. The standard InChI is InChI=1S/C17H16FN3O3/c1-2-24-17(23)14-12(9-5-3-4-6-10(9)18)13-11(21-15(14)19)7-8-20-16(13)22/h3-8,12,14H,2H2,1H3,(H2,19,21)(H,20,22). The van der Waals surface area contributed by atoms with Gasteiger partial charge in [0.2, 0.25) is 0 Å². The van der Waals surface area contributed by atoms with Crippen LogP contribution in [0.25, 0.3) is 0 Å². The Hall–Kier alpha value is -2.96. The average molecular weight is 329 g/mol. The van der Waals surface area contributed by atoms with E-state index in [0.717, 1.165) is 0 Å². The summed E-state index contributed by atoms with van der Waals surface area (Å²) < 4.78 is 19.5. The lowest BCUT2D eigenvalue weighted by molar-refractivity contribution is -0.146. The highest BCUT2D eigenvalue weighted by Crippen LogP contribution is 2.40. The van der Waals surface area contributed by atoms with Crippen molar-refractivity contribution in [1.29, 1.82) is 0 Å². The number of fused-ring (bicyclic) bond motifs is 1. The highest BCUT2D eigenvalue weighted by atomic mass is 19.1. The van der Waals surface area contributed by atoms with Crippen LogP contribution in [0.1, 0.15) is 24.0 Å². The van der Waals surface area contributed by atoms with E-state index in [9.17, 15) is 14.0 Å². The number of amidine groups is 1. The summed E-state index contributed by atoms with van der Waals surface area (Å²) in [6.45, 7) is 1.80. The number of nitrogens with zero attached hydrogens (tertiary/aromatic N) is 1. The second-order valence-corrected chi connectivity index (χ2v) is 5.37. The molecule has 124 valence electrons. The molecule has 3 rings (SSSR count). The van der Waals surface area contributed by atoms with Gasteiger partial charge in [-0.25, -0.2) is 9.38 Å². The monoisotopic (exact) mass is 329 g/mol. The molecular formula is C17H16FN3O3. The summed E-state index contributed by atoms with van der Waals surface area (Å²) in [6.07, 6.45) is 1.43. The first-order chi connectivity index (χ1) is 11.5.